The number of aryl methyl sites for hydroxylation is 2. The number of hydrogen-bond donors (Lipinski definition) is 1. The van der Waals surface area contributed by atoms with E-state index in [1.54, 1.807) is 10.3 Å². The van der Waals surface area contributed by atoms with Crippen molar-refractivity contribution in [3.63, 3.8) is 0 Å². The van der Waals surface area contributed by atoms with E-state index < -0.39 is 11.6 Å². The molecular weight excluding hydrogens is 396 g/mol. The van der Waals surface area contributed by atoms with Crippen molar-refractivity contribution in [2.75, 3.05) is 4.90 Å². The molecule has 0 aliphatic rings. The molecule has 1 aromatic heterocycles. The highest BCUT2D eigenvalue weighted by atomic mass is 32.1. The topological polar surface area (TPSA) is 75.2 Å². The van der Waals surface area contributed by atoms with Gasteiger partial charge in [-0.3, -0.25) is 14.5 Å². The molecule has 0 bridgehead atoms. The second-order valence-corrected chi connectivity index (χ2v) is 8.87. The fraction of sp³-hybridized carbons (Fsp3) is 0.304. The van der Waals surface area contributed by atoms with E-state index in [2.05, 4.69) is 14.9 Å². The SMILES string of the molecule is Cc1cccc(C)c1N(C(=O)c1csnn1)[C@H](C(=O)NC(C)(C)C)c1ccccc1. The number of rotatable bonds is 5. The Kier molecular flexibility index (Phi) is 6.31. The largest absolute Gasteiger partial charge is 0.349 e. The van der Waals surface area contributed by atoms with Gasteiger partial charge in [-0.15, -0.1) is 5.10 Å². The minimum atomic E-state index is -0.862. The highest BCUT2D eigenvalue weighted by Gasteiger charge is 2.36. The van der Waals surface area contributed by atoms with Gasteiger partial charge < -0.3 is 5.32 Å². The lowest BCUT2D eigenvalue weighted by atomic mass is 9.98. The highest BCUT2D eigenvalue weighted by molar-refractivity contribution is 7.03. The van der Waals surface area contributed by atoms with Crippen molar-refractivity contribution >= 4 is 29.0 Å². The van der Waals surface area contributed by atoms with Gasteiger partial charge in [0.15, 0.2) is 5.69 Å². The number of para-hydroxylation sites is 1. The molecule has 2 amide bonds. The molecule has 0 aliphatic carbocycles. The number of carbonyl (C=O) groups is 2. The summed E-state index contributed by atoms with van der Waals surface area (Å²) < 4.78 is 3.84. The van der Waals surface area contributed by atoms with Gasteiger partial charge in [-0.1, -0.05) is 53.0 Å². The molecule has 1 heterocycles. The lowest BCUT2D eigenvalue weighted by Crippen LogP contribution is -2.50. The molecule has 0 fully saturated rings. The molecule has 1 atom stereocenters. The molecule has 3 aromatic rings. The summed E-state index contributed by atoms with van der Waals surface area (Å²) in [4.78, 5) is 28.7. The maximum absolute atomic E-state index is 13.6. The summed E-state index contributed by atoms with van der Waals surface area (Å²) in [6, 6.07) is 14.3. The molecule has 0 unspecified atom stereocenters. The molecule has 0 spiro atoms. The average molecular weight is 423 g/mol. The molecule has 156 valence electrons. The number of amides is 2. The van der Waals surface area contributed by atoms with E-state index >= 15 is 0 Å². The van der Waals surface area contributed by atoms with Gasteiger partial charge in [-0.2, -0.15) is 0 Å². The van der Waals surface area contributed by atoms with Crippen LogP contribution in [0.3, 0.4) is 0 Å². The van der Waals surface area contributed by atoms with Crippen molar-refractivity contribution in [2.45, 2.75) is 46.2 Å². The standard InChI is InChI=1S/C23H26N4O2S/c1-15-10-9-11-16(2)19(15)27(22(29)18-14-30-26-25-18)20(17-12-7-6-8-13-17)21(28)24-23(3,4)5/h6-14,20H,1-5H3,(H,24,28)/t20-/m0/s1. The van der Waals surface area contributed by atoms with Gasteiger partial charge in [0.1, 0.15) is 6.04 Å². The summed E-state index contributed by atoms with van der Waals surface area (Å²) in [5, 5.41) is 8.62. The lowest BCUT2D eigenvalue weighted by Gasteiger charge is -2.35. The van der Waals surface area contributed by atoms with Crippen LogP contribution < -0.4 is 10.2 Å². The second kappa shape index (κ2) is 8.75. The Morgan fingerprint density at radius 3 is 2.17 bits per heavy atom. The van der Waals surface area contributed by atoms with Crippen molar-refractivity contribution in [1.29, 1.82) is 0 Å². The summed E-state index contributed by atoms with van der Waals surface area (Å²) in [5.74, 6) is -0.619. The summed E-state index contributed by atoms with van der Waals surface area (Å²) in [5.41, 5.74) is 2.98. The Morgan fingerprint density at radius 2 is 1.63 bits per heavy atom. The lowest BCUT2D eigenvalue weighted by molar-refractivity contribution is -0.123. The number of carbonyl (C=O) groups excluding carboxylic acids is 2. The first-order valence-corrected chi connectivity index (χ1v) is 10.6. The Hall–Kier alpha value is -3.06. The molecule has 7 heteroatoms. The van der Waals surface area contributed by atoms with Crippen LogP contribution in [0.25, 0.3) is 0 Å². The van der Waals surface area contributed by atoms with Crippen molar-refractivity contribution in [3.05, 3.63) is 76.3 Å². The predicted octanol–water partition coefficient (Wildman–Crippen LogP) is 4.46. The van der Waals surface area contributed by atoms with Gasteiger partial charge in [-0.25, -0.2) is 0 Å². The summed E-state index contributed by atoms with van der Waals surface area (Å²) in [6.45, 7) is 9.63. The van der Waals surface area contributed by atoms with Gasteiger partial charge in [0.25, 0.3) is 5.91 Å². The minimum Gasteiger partial charge on any atom is -0.349 e. The quantitative estimate of drug-likeness (QED) is 0.659. The van der Waals surface area contributed by atoms with Crippen LogP contribution in [-0.4, -0.2) is 26.9 Å². The molecule has 0 saturated heterocycles. The van der Waals surface area contributed by atoms with E-state index in [-0.39, 0.29) is 17.5 Å². The van der Waals surface area contributed by atoms with Crippen LogP contribution in [0, 0.1) is 13.8 Å². The normalized spacial score (nSPS) is 12.3. The fourth-order valence-electron chi connectivity index (χ4n) is 3.41. The van der Waals surface area contributed by atoms with E-state index in [0.717, 1.165) is 28.2 Å². The summed E-state index contributed by atoms with van der Waals surface area (Å²) >= 11 is 1.11. The molecule has 1 N–H and O–H groups in total. The van der Waals surface area contributed by atoms with E-state index in [1.165, 1.54) is 0 Å². The number of anilines is 1. The van der Waals surface area contributed by atoms with E-state index in [0.29, 0.717) is 5.69 Å². The van der Waals surface area contributed by atoms with E-state index in [4.69, 9.17) is 0 Å². The summed E-state index contributed by atoms with van der Waals surface area (Å²) in [6.07, 6.45) is 0. The number of benzene rings is 2. The van der Waals surface area contributed by atoms with Crippen LogP contribution in [0.5, 0.6) is 0 Å². The van der Waals surface area contributed by atoms with E-state index in [9.17, 15) is 9.59 Å². The fourth-order valence-corrected chi connectivity index (χ4v) is 3.84. The van der Waals surface area contributed by atoms with E-state index in [1.807, 2.05) is 83.1 Å². The zero-order valence-electron chi connectivity index (χ0n) is 17.8. The van der Waals surface area contributed by atoms with Crippen LogP contribution >= 0.6 is 11.5 Å². The van der Waals surface area contributed by atoms with Crippen LogP contribution in [0.2, 0.25) is 0 Å². The second-order valence-electron chi connectivity index (χ2n) is 8.26. The Bertz CT molecular complexity index is 1010. The molecule has 3 rings (SSSR count). The Labute approximate surface area is 181 Å². The van der Waals surface area contributed by atoms with Gasteiger partial charge in [0.05, 0.1) is 5.69 Å². The first-order chi connectivity index (χ1) is 14.2. The highest BCUT2D eigenvalue weighted by Crippen LogP contribution is 2.34. The van der Waals surface area contributed by atoms with Crippen LogP contribution in [-0.2, 0) is 4.79 Å². The number of nitrogens with one attached hydrogen (secondary N) is 1. The molecule has 6 nitrogen and oxygen atoms in total. The molecule has 0 aliphatic heterocycles. The molecule has 30 heavy (non-hydrogen) atoms. The Morgan fingerprint density at radius 1 is 1.00 bits per heavy atom. The van der Waals surface area contributed by atoms with Crippen LogP contribution in [0.4, 0.5) is 5.69 Å². The zero-order valence-corrected chi connectivity index (χ0v) is 18.7. The van der Waals surface area contributed by atoms with Crippen molar-refractivity contribution in [3.8, 4) is 0 Å². The predicted molar refractivity (Wildman–Crippen MR) is 120 cm³/mol. The molecule has 2 aromatic carbocycles. The monoisotopic (exact) mass is 422 g/mol. The van der Waals surface area contributed by atoms with Gasteiger partial charge in [-0.05, 0) is 62.8 Å². The maximum atomic E-state index is 13.6. The average Bonchev–Trinajstić information content (AvgIpc) is 3.20. The first kappa shape index (κ1) is 21.6. The van der Waals surface area contributed by atoms with Gasteiger partial charge >= 0.3 is 0 Å². The summed E-state index contributed by atoms with van der Waals surface area (Å²) in [7, 11) is 0. The smallest absolute Gasteiger partial charge is 0.280 e. The van der Waals surface area contributed by atoms with Crippen molar-refractivity contribution in [1.82, 2.24) is 14.9 Å². The maximum Gasteiger partial charge on any atom is 0.280 e. The number of hydrogen-bond acceptors (Lipinski definition) is 5. The van der Waals surface area contributed by atoms with Crippen LogP contribution in [0.1, 0.15) is 54.0 Å². The molecular formula is C23H26N4O2S. The molecule has 0 saturated carbocycles. The van der Waals surface area contributed by atoms with Crippen LogP contribution in [0.15, 0.2) is 53.9 Å². The Balaban J connectivity index is 2.23. The number of nitrogens with zero attached hydrogens (tertiary/aromatic N) is 3. The third-order valence-corrected chi connectivity index (χ3v) is 5.10. The van der Waals surface area contributed by atoms with Gasteiger partial charge in [0.2, 0.25) is 5.91 Å². The molecule has 0 radical (unpaired) electrons. The third-order valence-electron chi connectivity index (χ3n) is 4.60. The van der Waals surface area contributed by atoms with Crippen molar-refractivity contribution in [2.24, 2.45) is 0 Å². The first-order valence-electron chi connectivity index (χ1n) is 9.73. The van der Waals surface area contributed by atoms with Crippen molar-refractivity contribution < 1.29 is 9.59 Å². The van der Waals surface area contributed by atoms with Gasteiger partial charge in [0, 0.05) is 10.9 Å². The minimum absolute atomic E-state index is 0.215. The number of aromatic nitrogens is 2. The zero-order chi connectivity index (χ0) is 21.9. The third kappa shape index (κ3) is 4.74.